The minimum absolute atomic E-state index is 0.0385. The lowest BCUT2D eigenvalue weighted by atomic mass is 10.1. The number of carbonyl (C=O) groups excluding carboxylic acids is 1. The van der Waals surface area contributed by atoms with Crippen molar-refractivity contribution in [1.82, 2.24) is 20.4 Å². The zero-order chi connectivity index (χ0) is 18.1. The summed E-state index contributed by atoms with van der Waals surface area (Å²) >= 11 is 0. The van der Waals surface area contributed by atoms with Crippen molar-refractivity contribution in [2.24, 2.45) is 5.92 Å². The Kier molecular flexibility index (Phi) is 8.14. The number of amides is 2. The maximum absolute atomic E-state index is 12.1. The largest absolute Gasteiger partial charge is 0.378 e. The highest BCUT2D eigenvalue weighted by atomic mass is 16.5. The van der Waals surface area contributed by atoms with Gasteiger partial charge >= 0.3 is 6.03 Å². The predicted octanol–water partition coefficient (Wildman–Crippen LogP) is 2.00. The molecule has 2 amide bonds. The van der Waals surface area contributed by atoms with Crippen LogP contribution in [0, 0.1) is 5.92 Å². The van der Waals surface area contributed by atoms with E-state index in [9.17, 15) is 4.79 Å². The number of hydrogen-bond donors (Lipinski definition) is 1. The lowest BCUT2D eigenvalue weighted by molar-refractivity contribution is 0.0158. The second-order valence-electron chi connectivity index (χ2n) is 6.76. The van der Waals surface area contributed by atoms with E-state index in [0.717, 1.165) is 38.9 Å². The van der Waals surface area contributed by atoms with Crippen LogP contribution in [-0.2, 0) is 22.5 Å². The first kappa shape index (κ1) is 19.7. The molecule has 0 unspecified atom stereocenters. The quantitative estimate of drug-likeness (QED) is 0.729. The van der Waals surface area contributed by atoms with Crippen molar-refractivity contribution in [1.29, 1.82) is 0 Å². The number of nitrogens with one attached hydrogen (secondary N) is 1. The van der Waals surface area contributed by atoms with Gasteiger partial charge in [-0.05, 0) is 25.2 Å². The van der Waals surface area contributed by atoms with Crippen molar-refractivity contribution in [3.05, 3.63) is 11.7 Å². The summed E-state index contributed by atoms with van der Waals surface area (Å²) in [5, 5.41) is 6.87. The van der Waals surface area contributed by atoms with E-state index in [1.54, 1.807) is 7.11 Å². The SMILES string of the molecule is COCc1nc(CCOC2CCN(C(=O)NCCC(C)C)CC2)no1. The molecule has 0 aliphatic carbocycles. The molecule has 1 fully saturated rings. The number of aromatic nitrogens is 2. The maximum atomic E-state index is 12.1. The second-order valence-corrected chi connectivity index (χ2v) is 6.76. The lowest BCUT2D eigenvalue weighted by Crippen LogP contribution is -2.46. The fourth-order valence-corrected chi connectivity index (χ4v) is 2.70. The molecule has 8 heteroatoms. The number of carbonyl (C=O) groups is 1. The molecule has 2 rings (SSSR count). The molecule has 0 radical (unpaired) electrons. The van der Waals surface area contributed by atoms with Gasteiger partial charge in [-0.15, -0.1) is 0 Å². The average Bonchev–Trinajstić information content (AvgIpc) is 3.03. The summed E-state index contributed by atoms with van der Waals surface area (Å²) in [6, 6.07) is 0.0385. The van der Waals surface area contributed by atoms with Gasteiger partial charge in [0.15, 0.2) is 5.82 Å². The molecule has 25 heavy (non-hydrogen) atoms. The number of rotatable bonds is 9. The van der Waals surface area contributed by atoms with Crippen LogP contribution in [0.1, 0.15) is 44.8 Å². The number of methoxy groups -OCH3 is 1. The Morgan fingerprint density at radius 2 is 2.16 bits per heavy atom. The molecule has 0 atom stereocenters. The molecule has 1 aliphatic heterocycles. The molecule has 0 saturated carbocycles. The van der Waals surface area contributed by atoms with Crippen LogP contribution in [0.4, 0.5) is 4.79 Å². The van der Waals surface area contributed by atoms with Crippen LogP contribution in [0.3, 0.4) is 0 Å². The third-order valence-electron chi connectivity index (χ3n) is 4.18. The van der Waals surface area contributed by atoms with Gasteiger partial charge in [-0.2, -0.15) is 4.98 Å². The Bertz CT molecular complexity index is 513. The van der Waals surface area contributed by atoms with E-state index >= 15 is 0 Å². The topological polar surface area (TPSA) is 89.7 Å². The summed E-state index contributed by atoms with van der Waals surface area (Å²) < 4.78 is 15.9. The van der Waals surface area contributed by atoms with Crippen molar-refractivity contribution in [2.45, 2.75) is 52.2 Å². The van der Waals surface area contributed by atoms with Gasteiger partial charge in [0.1, 0.15) is 6.61 Å². The summed E-state index contributed by atoms with van der Waals surface area (Å²) in [5.74, 6) is 1.72. The minimum Gasteiger partial charge on any atom is -0.378 e. The molecule has 142 valence electrons. The molecule has 0 bridgehead atoms. The number of likely N-dealkylation sites (tertiary alicyclic amines) is 1. The normalized spacial score (nSPS) is 15.8. The summed E-state index contributed by atoms with van der Waals surface area (Å²) in [6.07, 6.45) is 3.53. The van der Waals surface area contributed by atoms with E-state index in [-0.39, 0.29) is 12.1 Å². The summed E-state index contributed by atoms with van der Waals surface area (Å²) in [4.78, 5) is 18.2. The Balaban J connectivity index is 1.59. The molecular formula is C17H30N4O4. The minimum atomic E-state index is 0.0385. The van der Waals surface area contributed by atoms with E-state index in [4.69, 9.17) is 14.0 Å². The van der Waals surface area contributed by atoms with E-state index < -0.39 is 0 Å². The van der Waals surface area contributed by atoms with Crippen LogP contribution < -0.4 is 5.32 Å². The van der Waals surface area contributed by atoms with Crippen molar-refractivity contribution in [3.63, 3.8) is 0 Å². The highest BCUT2D eigenvalue weighted by molar-refractivity contribution is 5.74. The van der Waals surface area contributed by atoms with E-state index in [1.807, 2.05) is 4.90 Å². The monoisotopic (exact) mass is 354 g/mol. The Labute approximate surface area is 149 Å². The molecule has 1 aromatic rings. The summed E-state index contributed by atoms with van der Waals surface area (Å²) in [5.41, 5.74) is 0. The van der Waals surface area contributed by atoms with E-state index in [1.165, 1.54) is 0 Å². The van der Waals surface area contributed by atoms with Crippen molar-refractivity contribution >= 4 is 6.03 Å². The predicted molar refractivity (Wildman–Crippen MR) is 92.1 cm³/mol. The van der Waals surface area contributed by atoms with Gasteiger partial charge in [0.2, 0.25) is 0 Å². The first-order chi connectivity index (χ1) is 12.1. The van der Waals surface area contributed by atoms with Crippen molar-refractivity contribution in [3.8, 4) is 0 Å². The van der Waals surface area contributed by atoms with Gasteiger partial charge in [0.25, 0.3) is 5.89 Å². The zero-order valence-electron chi connectivity index (χ0n) is 15.5. The molecule has 1 N–H and O–H groups in total. The lowest BCUT2D eigenvalue weighted by Gasteiger charge is -2.32. The van der Waals surface area contributed by atoms with Gasteiger partial charge in [0, 0.05) is 33.2 Å². The fraction of sp³-hybridized carbons (Fsp3) is 0.824. The smallest absolute Gasteiger partial charge is 0.317 e. The molecular weight excluding hydrogens is 324 g/mol. The Hall–Kier alpha value is -1.67. The van der Waals surface area contributed by atoms with Crippen LogP contribution in [0.5, 0.6) is 0 Å². The molecule has 2 heterocycles. The summed E-state index contributed by atoms with van der Waals surface area (Å²) in [7, 11) is 1.59. The molecule has 1 saturated heterocycles. The number of urea groups is 1. The van der Waals surface area contributed by atoms with Crippen LogP contribution >= 0.6 is 0 Å². The summed E-state index contributed by atoms with van der Waals surface area (Å²) in [6.45, 7) is 7.39. The fourth-order valence-electron chi connectivity index (χ4n) is 2.70. The van der Waals surface area contributed by atoms with E-state index in [2.05, 4.69) is 29.3 Å². The Morgan fingerprint density at radius 3 is 2.84 bits per heavy atom. The van der Waals surface area contributed by atoms with Crippen LogP contribution in [0.25, 0.3) is 0 Å². The maximum Gasteiger partial charge on any atom is 0.317 e. The molecule has 8 nitrogen and oxygen atoms in total. The third-order valence-corrected chi connectivity index (χ3v) is 4.18. The highest BCUT2D eigenvalue weighted by Gasteiger charge is 2.23. The van der Waals surface area contributed by atoms with Crippen molar-refractivity contribution in [2.75, 3.05) is 33.4 Å². The van der Waals surface area contributed by atoms with Gasteiger partial charge in [-0.25, -0.2) is 4.79 Å². The van der Waals surface area contributed by atoms with Crippen LogP contribution in [0.2, 0.25) is 0 Å². The molecule has 1 aromatic heterocycles. The number of ether oxygens (including phenoxy) is 2. The first-order valence-electron chi connectivity index (χ1n) is 9.03. The van der Waals surface area contributed by atoms with Crippen molar-refractivity contribution < 1.29 is 18.8 Å². The average molecular weight is 354 g/mol. The van der Waals surface area contributed by atoms with Crippen LogP contribution in [-0.4, -0.2) is 60.5 Å². The zero-order valence-corrected chi connectivity index (χ0v) is 15.5. The second kappa shape index (κ2) is 10.4. The van der Waals surface area contributed by atoms with Gasteiger partial charge in [0.05, 0.1) is 12.7 Å². The van der Waals surface area contributed by atoms with Gasteiger partial charge in [-0.3, -0.25) is 0 Å². The van der Waals surface area contributed by atoms with Gasteiger partial charge < -0.3 is 24.2 Å². The van der Waals surface area contributed by atoms with Gasteiger partial charge in [-0.1, -0.05) is 19.0 Å². The third kappa shape index (κ3) is 6.99. The first-order valence-corrected chi connectivity index (χ1v) is 9.03. The number of piperidine rings is 1. The molecule has 0 spiro atoms. The number of hydrogen-bond acceptors (Lipinski definition) is 6. The van der Waals surface area contributed by atoms with E-state index in [0.29, 0.717) is 37.3 Å². The molecule has 1 aliphatic rings. The number of nitrogens with zero attached hydrogens (tertiary/aromatic N) is 3. The highest BCUT2D eigenvalue weighted by Crippen LogP contribution is 2.14. The standard InChI is InChI=1S/C17H30N4O4/c1-13(2)4-8-18-17(22)21-9-5-14(6-10-21)24-11-7-15-19-16(12-23-3)25-20-15/h13-14H,4-12H2,1-3H3,(H,18,22). The van der Waals surface area contributed by atoms with Crippen LogP contribution in [0.15, 0.2) is 4.52 Å². The Morgan fingerprint density at radius 1 is 1.40 bits per heavy atom. The molecule has 0 aromatic carbocycles.